The average molecular weight is 359 g/mol. The van der Waals surface area contributed by atoms with Crippen molar-refractivity contribution in [2.45, 2.75) is 19.1 Å². The summed E-state index contributed by atoms with van der Waals surface area (Å²) in [4.78, 5) is 16.4. The lowest BCUT2D eigenvalue weighted by molar-refractivity contribution is 0.0934. The largest absolute Gasteiger partial charge is 0.493 e. The molecule has 1 aromatic carbocycles. The molecule has 0 spiro atoms. The van der Waals surface area contributed by atoms with Gasteiger partial charge in [0.05, 0.1) is 19.8 Å². The van der Waals surface area contributed by atoms with Crippen LogP contribution >= 0.6 is 11.3 Å². The molecule has 0 unspecified atom stereocenters. The summed E-state index contributed by atoms with van der Waals surface area (Å²) in [5.41, 5.74) is 2.86. The molecule has 132 valence electrons. The maximum absolute atomic E-state index is 12.8. The van der Waals surface area contributed by atoms with Gasteiger partial charge in [-0.3, -0.25) is 4.79 Å². The van der Waals surface area contributed by atoms with E-state index in [1.165, 1.54) is 10.4 Å². The number of benzene rings is 1. The molecule has 0 fully saturated rings. The zero-order valence-electron chi connectivity index (χ0n) is 14.5. The second kappa shape index (κ2) is 6.24. The van der Waals surface area contributed by atoms with E-state index in [1.807, 2.05) is 18.2 Å². The van der Waals surface area contributed by atoms with Crippen molar-refractivity contribution in [3.05, 3.63) is 39.8 Å². The first-order valence-corrected chi connectivity index (χ1v) is 9.05. The van der Waals surface area contributed by atoms with Crippen molar-refractivity contribution in [2.24, 2.45) is 0 Å². The SMILES string of the molecule is COc1cccc([C@H]2NC(=O)c3c(sc4c3CCN(C)C4)N2)c1OC. The first-order chi connectivity index (χ1) is 12.1. The van der Waals surface area contributed by atoms with Crippen LogP contribution in [-0.2, 0) is 13.0 Å². The minimum Gasteiger partial charge on any atom is -0.493 e. The van der Waals surface area contributed by atoms with E-state index in [2.05, 4.69) is 22.6 Å². The van der Waals surface area contributed by atoms with Crippen LogP contribution in [0, 0.1) is 0 Å². The Morgan fingerprint density at radius 1 is 1.24 bits per heavy atom. The number of carbonyl (C=O) groups excluding carboxylic acids is 1. The lowest BCUT2D eigenvalue weighted by atomic mass is 10.0. The van der Waals surface area contributed by atoms with Gasteiger partial charge in [0.25, 0.3) is 5.91 Å². The van der Waals surface area contributed by atoms with Gasteiger partial charge in [-0.05, 0) is 25.1 Å². The molecule has 1 atom stereocenters. The van der Waals surface area contributed by atoms with Gasteiger partial charge >= 0.3 is 0 Å². The molecule has 2 aliphatic heterocycles. The highest BCUT2D eigenvalue weighted by atomic mass is 32.1. The van der Waals surface area contributed by atoms with Crippen molar-refractivity contribution >= 4 is 22.2 Å². The topological polar surface area (TPSA) is 62.8 Å². The van der Waals surface area contributed by atoms with E-state index in [0.717, 1.165) is 35.6 Å². The third kappa shape index (κ3) is 2.63. The normalized spacial score (nSPS) is 19.5. The molecule has 0 saturated heterocycles. The monoisotopic (exact) mass is 359 g/mol. The molecule has 1 aromatic heterocycles. The van der Waals surface area contributed by atoms with Crippen LogP contribution in [0.3, 0.4) is 0 Å². The van der Waals surface area contributed by atoms with Crippen molar-refractivity contribution in [3.63, 3.8) is 0 Å². The molecule has 7 heteroatoms. The number of methoxy groups -OCH3 is 2. The summed E-state index contributed by atoms with van der Waals surface area (Å²) in [7, 11) is 5.33. The van der Waals surface area contributed by atoms with E-state index < -0.39 is 0 Å². The third-order valence-electron chi connectivity index (χ3n) is 4.77. The second-order valence-corrected chi connectivity index (χ2v) is 7.43. The molecule has 2 aliphatic rings. The molecule has 1 amide bonds. The van der Waals surface area contributed by atoms with Crippen LogP contribution in [0.5, 0.6) is 11.5 Å². The number of rotatable bonds is 3. The minimum absolute atomic E-state index is 0.0225. The number of anilines is 1. The summed E-state index contributed by atoms with van der Waals surface area (Å²) in [6, 6.07) is 5.68. The number of likely N-dealkylation sites (N-methyl/N-ethyl adjacent to an activating group) is 1. The number of hydrogen-bond acceptors (Lipinski definition) is 6. The zero-order chi connectivity index (χ0) is 17.6. The van der Waals surface area contributed by atoms with Gasteiger partial charge in [-0.1, -0.05) is 12.1 Å². The molecule has 6 nitrogen and oxygen atoms in total. The van der Waals surface area contributed by atoms with Gasteiger partial charge in [0.1, 0.15) is 11.2 Å². The fourth-order valence-electron chi connectivity index (χ4n) is 3.54. The Hall–Kier alpha value is -2.25. The maximum Gasteiger partial charge on any atom is 0.256 e. The van der Waals surface area contributed by atoms with E-state index in [9.17, 15) is 4.79 Å². The van der Waals surface area contributed by atoms with Crippen molar-refractivity contribution in [2.75, 3.05) is 33.1 Å². The lowest BCUT2D eigenvalue weighted by Crippen LogP contribution is -2.38. The Labute approximate surface area is 150 Å². The quantitative estimate of drug-likeness (QED) is 0.882. The predicted octanol–water partition coefficient (Wildman–Crippen LogP) is 2.61. The molecule has 3 heterocycles. The number of nitrogens with zero attached hydrogens (tertiary/aromatic N) is 1. The lowest BCUT2D eigenvalue weighted by Gasteiger charge is -2.28. The standard InChI is InChI=1S/C18H21N3O3S/c1-21-8-7-10-13(9-21)25-18-14(10)17(22)19-16(20-18)11-5-4-6-12(23-2)15(11)24-3/h4-6,16,20H,7-9H2,1-3H3,(H,19,22)/t16-/m0/s1. The average Bonchev–Trinajstić information content (AvgIpc) is 2.98. The molecule has 2 aromatic rings. The molecule has 0 saturated carbocycles. The molecule has 0 bridgehead atoms. The molecular formula is C18H21N3O3S. The summed E-state index contributed by atoms with van der Waals surface area (Å²) >= 11 is 1.68. The van der Waals surface area contributed by atoms with Gasteiger partial charge in [-0.25, -0.2) is 0 Å². The number of ether oxygens (including phenoxy) is 2. The second-order valence-electron chi connectivity index (χ2n) is 6.33. The fourth-order valence-corrected chi connectivity index (χ4v) is 4.89. The third-order valence-corrected chi connectivity index (χ3v) is 5.92. The van der Waals surface area contributed by atoms with E-state index in [4.69, 9.17) is 9.47 Å². The van der Waals surface area contributed by atoms with Crippen molar-refractivity contribution in [3.8, 4) is 11.5 Å². The van der Waals surface area contributed by atoms with Crippen molar-refractivity contribution < 1.29 is 14.3 Å². The van der Waals surface area contributed by atoms with Crippen LogP contribution in [-0.4, -0.2) is 38.6 Å². The number of para-hydroxylation sites is 1. The number of thiophene rings is 1. The van der Waals surface area contributed by atoms with E-state index in [0.29, 0.717) is 11.5 Å². The smallest absolute Gasteiger partial charge is 0.256 e. The first-order valence-electron chi connectivity index (χ1n) is 8.23. The molecular weight excluding hydrogens is 338 g/mol. The Kier molecular flexibility index (Phi) is 4.05. The number of amides is 1. The van der Waals surface area contributed by atoms with Crippen LogP contribution in [0.1, 0.15) is 32.5 Å². The van der Waals surface area contributed by atoms with Crippen LogP contribution in [0.25, 0.3) is 0 Å². The number of nitrogens with one attached hydrogen (secondary N) is 2. The van der Waals surface area contributed by atoms with Gasteiger partial charge in [-0.2, -0.15) is 0 Å². The van der Waals surface area contributed by atoms with Crippen molar-refractivity contribution in [1.29, 1.82) is 0 Å². The zero-order valence-corrected chi connectivity index (χ0v) is 15.3. The highest BCUT2D eigenvalue weighted by Gasteiger charge is 2.34. The van der Waals surface area contributed by atoms with Crippen LogP contribution < -0.4 is 20.1 Å². The summed E-state index contributed by atoms with van der Waals surface area (Å²) < 4.78 is 10.9. The number of fused-ring (bicyclic) bond motifs is 3. The molecule has 0 aliphatic carbocycles. The molecule has 25 heavy (non-hydrogen) atoms. The van der Waals surface area contributed by atoms with E-state index in [-0.39, 0.29) is 12.1 Å². The number of carbonyl (C=O) groups is 1. The van der Waals surface area contributed by atoms with Gasteiger partial charge in [0.2, 0.25) is 0 Å². The summed E-state index contributed by atoms with van der Waals surface area (Å²) in [6.07, 6.45) is 0.572. The summed E-state index contributed by atoms with van der Waals surface area (Å²) in [5, 5.41) is 7.49. The highest BCUT2D eigenvalue weighted by Crippen LogP contribution is 2.42. The van der Waals surface area contributed by atoms with E-state index >= 15 is 0 Å². The predicted molar refractivity (Wildman–Crippen MR) is 97.7 cm³/mol. The Morgan fingerprint density at radius 2 is 2.08 bits per heavy atom. The van der Waals surface area contributed by atoms with E-state index in [1.54, 1.807) is 25.6 Å². The summed E-state index contributed by atoms with van der Waals surface area (Å²) in [5.74, 6) is 1.26. The minimum atomic E-state index is -0.345. The number of hydrogen-bond donors (Lipinski definition) is 2. The molecule has 2 N–H and O–H groups in total. The molecule has 4 rings (SSSR count). The Morgan fingerprint density at radius 3 is 2.84 bits per heavy atom. The fraction of sp³-hybridized carbons (Fsp3) is 0.389. The van der Waals surface area contributed by atoms with Crippen molar-refractivity contribution in [1.82, 2.24) is 10.2 Å². The van der Waals surface area contributed by atoms with Gasteiger partial charge in [0, 0.05) is 23.5 Å². The Bertz CT molecular complexity index is 833. The maximum atomic E-state index is 12.8. The summed E-state index contributed by atoms with van der Waals surface area (Å²) in [6.45, 7) is 1.88. The first kappa shape index (κ1) is 16.2. The molecule has 0 radical (unpaired) electrons. The van der Waals surface area contributed by atoms with Gasteiger partial charge < -0.3 is 25.0 Å². The highest BCUT2D eigenvalue weighted by molar-refractivity contribution is 7.16. The van der Waals surface area contributed by atoms with Crippen LogP contribution in [0.15, 0.2) is 18.2 Å². The van der Waals surface area contributed by atoms with Gasteiger partial charge in [0.15, 0.2) is 11.5 Å². The van der Waals surface area contributed by atoms with Crippen LogP contribution in [0.2, 0.25) is 0 Å². The Balaban J connectivity index is 1.72. The van der Waals surface area contributed by atoms with Gasteiger partial charge in [-0.15, -0.1) is 11.3 Å². The van der Waals surface area contributed by atoms with Crippen LogP contribution in [0.4, 0.5) is 5.00 Å².